The van der Waals surface area contributed by atoms with Crippen LogP contribution in [0.4, 0.5) is 5.69 Å². The molecule has 6 rings (SSSR count). The molecular weight excluding hydrogens is 460 g/mol. The van der Waals surface area contributed by atoms with Gasteiger partial charge in [-0.3, -0.25) is 19.8 Å². The summed E-state index contributed by atoms with van der Waals surface area (Å²) in [5.41, 5.74) is 7.61. The molecule has 3 heterocycles. The fourth-order valence-electron chi connectivity index (χ4n) is 5.20. The molecule has 1 unspecified atom stereocenters. The number of amides is 2. The normalized spacial score (nSPS) is 17.2. The highest BCUT2D eigenvalue weighted by atomic mass is 32.1. The first-order valence-electron chi connectivity index (χ1n) is 11.8. The number of thiophene rings is 1. The Bertz CT molecular complexity index is 1540. The van der Waals surface area contributed by atoms with Crippen molar-refractivity contribution in [1.29, 1.82) is 0 Å². The van der Waals surface area contributed by atoms with Crippen LogP contribution in [-0.2, 0) is 22.4 Å². The van der Waals surface area contributed by atoms with Crippen LogP contribution in [0.15, 0.2) is 59.7 Å². The molecule has 1 N–H and O–H groups in total. The average Bonchev–Trinajstić information content (AvgIpc) is 3.57. The molecule has 1 aliphatic heterocycles. The van der Waals surface area contributed by atoms with Crippen molar-refractivity contribution in [1.82, 2.24) is 9.66 Å². The largest absolute Gasteiger partial charge is 0.312 e. The third-order valence-electron chi connectivity index (χ3n) is 6.97. The van der Waals surface area contributed by atoms with E-state index in [2.05, 4.69) is 22.5 Å². The summed E-state index contributed by atoms with van der Waals surface area (Å²) in [5.74, 6) is -0.988. The lowest BCUT2D eigenvalue weighted by Gasteiger charge is -2.18. The third kappa shape index (κ3) is 3.74. The topological polar surface area (TPSA) is 84.3 Å². The summed E-state index contributed by atoms with van der Waals surface area (Å²) in [6.07, 6.45) is 4.71. The third-order valence-corrected chi connectivity index (χ3v) is 7.98. The zero-order valence-electron chi connectivity index (χ0n) is 19.3. The number of nitrogens with zero attached hydrogens (tertiary/aromatic N) is 3. The molecule has 0 spiro atoms. The van der Waals surface area contributed by atoms with Gasteiger partial charge in [-0.1, -0.05) is 36.4 Å². The van der Waals surface area contributed by atoms with Crippen LogP contribution >= 0.6 is 11.3 Å². The molecular formula is C27H24N4O3S. The van der Waals surface area contributed by atoms with Crippen LogP contribution < -0.4 is 15.9 Å². The number of carbonyl (C=O) groups is 2. The van der Waals surface area contributed by atoms with Gasteiger partial charge in [0.15, 0.2) is 0 Å². The zero-order chi connectivity index (χ0) is 24.1. The van der Waals surface area contributed by atoms with E-state index in [4.69, 9.17) is 0 Å². The van der Waals surface area contributed by atoms with Crippen LogP contribution in [0.3, 0.4) is 0 Å². The number of carbonyl (C=O) groups excluding carboxylic acids is 2. The molecule has 1 atom stereocenters. The second-order valence-electron chi connectivity index (χ2n) is 9.19. The summed E-state index contributed by atoms with van der Waals surface area (Å²) in [6.45, 7) is 2.26. The van der Waals surface area contributed by atoms with Gasteiger partial charge in [0.25, 0.3) is 5.56 Å². The fourth-order valence-corrected chi connectivity index (χ4v) is 6.21. The molecule has 176 valence electrons. The SMILES string of the molecule is Cc1sc2ncn(NC(=O)C3CC(=O)N(c4ccc5c(c4)CCC5)C3)c(=O)c2c1-c1ccccc1. The summed E-state index contributed by atoms with van der Waals surface area (Å²) in [6, 6.07) is 15.8. The molecule has 0 radical (unpaired) electrons. The van der Waals surface area contributed by atoms with Crippen LogP contribution in [0.1, 0.15) is 28.8 Å². The molecule has 4 aromatic rings. The standard InChI is InChI=1S/C27H24N4O3S/c1-16-23(18-6-3-2-4-7-18)24-26(35-16)28-15-31(27(24)34)29-25(33)20-13-22(32)30(14-20)21-11-10-17-8-5-9-19(17)12-21/h2-4,6-7,10-12,15,20H,5,8-9,13-14H2,1H3,(H,29,33). The Hall–Kier alpha value is -3.78. The molecule has 2 aliphatic rings. The van der Waals surface area contributed by atoms with Gasteiger partial charge < -0.3 is 4.90 Å². The molecule has 2 aromatic carbocycles. The molecule has 1 saturated heterocycles. The van der Waals surface area contributed by atoms with Crippen molar-refractivity contribution in [3.8, 4) is 11.1 Å². The summed E-state index contributed by atoms with van der Waals surface area (Å²) in [5, 5.41) is 0.490. The Morgan fingerprint density at radius 1 is 1.09 bits per heavy atom. The smallest absolute Gasteiger partial charge is 0.281 e. The molecule has 0 saturated carbocycles. The van der Waals surface area contributed by atoms with E-state index in [1.54, 1.807) is 4.90 Å². The maximum absolute atomic E-state index is 13.4. The van der Waals surface area contributed by atoms with Gasteiger partial charge >= 0.3 is 0 Å². The predicted molar refractivity (Wildman–Crippen MR) is 137 cm³/mol. The zero-order valence-corrected chi connectivity index (χ0v) is 20.1. The molecule has 2 amide bonds. The van der Waals surface area contributed by atoms with Crippen molar-refractivity contribution in [3.63, 3.8) is 0 Å². The molecule has 35 heavy (non-hydrogen) atoms. The number of aryl methyl sites for hydroxylation is 3. The monoisotopic (exact) mass is 484 g/mol. The summed E-state index contributed by atoms with van der Waals surface area (Å²) >= 11 is 1.46. The van der Waals surface area contributed by atoms with Crippen LogP contribution in [0.5, 0.6) is 0 Å². The fraction of sp³-hybridized carbons (Fsp3) is 0.259. The van der Waals surface area contributed by atoms with Crippen molar-refractivity contribution in [2.24, 2.45) is 5.92 Å². The van der Waals surface area contributed by atoms with E-state index in [1.165, 1.54) is 28.8 Å². The Balaban J connectivity index is 1.26. The number of fused-ring (bicyclic) bond motifs is 2. The first kappa shape index (κ1) is 21.7. The summed E-state index contributed by atoms with van der Waals surface area (Å²) in [7, 11) is 0. The minimum Gasteiger partial charge on any atom is -0.312 e. The summed E-state index contributed by atoms with van der Waals surface area (Å²) in [4.78, 5) is 47.0. The van der Waals surface area contributed by atoms with E-state index in [1.807, 2.05) is 43.3 Å². The van der Waals surface area contributed by atoms with Crippen molar-refractivity contribution in [2.75, 3.05) is 16.9 Å². The van der Waals surface area contributed by atoms with E-state index in [0.29, 0.717) is 16.8 Å². The second kappa shape index (κ2) is 8.46. The molecule has 1 aliphatic carbocycles. The predicted octanol–water partition coefficient (Wildman–Crippen LogP) is 4.05. The number of benzene rings is 2. The Morgan fingerprint density at radius 3 is 2.71 bits per heavy atom. The van der Waals surface area contributed by atoms with Crippen molar-refractivity contribution < 1.29 is 9.59 Å². The molecule has 7 nitrogen and oxygen atoms in total. The number of nitrogens with one attached hydrogen (secondary N) is 1. The number of hydrogen-bond acceptors (Lipinski definition) is 5. The minimum atomic E-state index is -0.545. The van der Waals surface area contributed by atoms with Gasteiger partial charge in [-0.2, -0.15) is 0 Å². The lowest BCUT2D eigenvalue weighted by Crippen LogP contribution is -2.37. The van der Waals surface area contributed by atoms with Gasteiger partial charge in [-0.25, -0.2) is 9.66 Å². The maximum Gasteiger partial charge on any atom is 0.281 e. The Labute approximate surface area is 206 Å². The van der Waals surface area contributed by atoms with E-state index < -0.39 is 5.92 Å². The second-order valence-corrected chi connectivity index (χ2v) is 10.4. The molecule has 1 fully saturated rings. The van der Waals surface area contributed by atoms with Gasteiger partial charge in [0.2, 0.25) is 11.8 Å². The highest BCUT2D eigenvalue weighted by molar-refractivity contribution is 7.19. The number of rotatable bonds is 4. The number of anilines is 1. The Kier molecular flexibility index (Phi) is 5.25. The average molecular weight is 485 g/mol. The first-order chi connectivity index (χ1) is 17.0. The van der Waals surface area contributed by atoms with Crippen LogP contribution in [-0.4, -0.2) is 28.0 Å². The van der Waals surface area contributed by atoms with Crippen molar-refractivity contribution in [2.45, 2.75) is 32.6 Å². The van der Waals surface area contributed by atoms with E-state index in [0.717, 1.165) is 45.6 Å². The van der Waals surface area contributed by atoms with Gasteiger partial charge in [0.1, 0.15) is 11.2 Å². The highest BCUT2D eigenvalue weighted by Crippen LogP contribution is 2.35. The van der Waals surface area contributed by atoms with E-state index in [-0.39, 0.29) is 23.8 Å². The van der Waals surface area contributed by atoms with Gasteiger partial charge in [-0.05, 0) is 55.0 Å². The molecule has 8 heteroatoms. The number of aromatic nitrogens is 2. The lowest BCUT2D eigenvalue weighted by atomic mass is 10.0. The van der Waals surface area contributed by atoms with E-state index >= 15 is 0 Å². The van der Waals surface area contributed by atoms with Crippen molar-refractivity contribution >= 4 is 39.1 Å². The first-order valence-corrected chi connectivity index (χ1v) is 12.6. The summed E-state index contributed by atoms with van der Waals surface area (Å²) < 4.78 is 1.14. The minimum absolute atomic E-state index is 0.0798. The van der Waals surface area contributed by atoms with Crippen molar-refractivity contribution in [3.05, 3.63) is 81.2 Å². The van der Waals surface area contributed by atoms with Crippen LogP contribution in [0, 0.1) is 12.8 Å². The maximum atomic E-state index is 13.4. The Morgan fingerprint density at radius 2 is 1.89 bits per heavy atom. The lowest BCUT2D eigenvalue weighted by molar-refractivity contribution is -0.123. The van der Waals surface area contributed by atoms with Gasteiger partial charge in [-0.15, -0.1) is 11.3 Å². The van der Waals surface area contributed by atoms with Gasteiger partial charge in [0.05, 0.1) is 11.3 Å². The molecule has 2 aromatic heterocycles. The quantitative estimate of drug-likeness (QED) is 0.474. The highest BCUT2D eigenvalue weighted by Gasteiger charge is 2.36. The van der Waals surface area contributed by atoms with E-state index in [9.17, 15) is 14.4 Å². The van der Waals surface area contributed by atoms with Crippen LogP contribution in [0.25, 0.3) is 21.3 Å². The van der Waals surface area contributed by atoms with Gasteiger partial charge in [0, 0.05) is 29.1 Å². The molecule has 0 bridgehead atoms. The number of hydrogen-bond donors (Lipinski definition) is 1. The van der Waals surface area contributed by atoms with Crippen LogP contribution in [0.2, 0.25) is 0 Å².